The van der Waals surface area contributed by atoms with Crippen LogP contribution in [0.25, 0.3) is 0 Å². The van der Waals surface area contributed by atoms with E-state index in [1.165, 1.54) is 0 Å². The monoisotopic (exact) mass is 308 g/mol. The number of ether oxygens (including phenoxy) is 1. The summed E-state index contributed by atoms with van der Waals surface area (Å²) in [4.78, 5) is 15.9. The van der Waals surface area contributed by atoms with E-state index in [9.17, 15) is 4.79 Å². The Hall–Kier alpha value is -1.85. The van der Waals surface area contributed by atoms with Crippen LogP contribution in [-0.4, -0.2) is 54.2 Å². The second-order valence-corrected chi connectivity index (χ2v) is 6.97. The van der Waals surface area contributed by atoms with Crippen molar-refractivity contribution in [2.75, 3.05) is 26.7 Å². The van der Waals surface area contributed by atoms with Crippen molar-refractivity contribution in [3.8, 4) is 0 Å². The van der Waals surface area contributed by atoms with Crippen molar-refractivity contribution in [2.45, 2.75) is 45.3 Å². The molecule has 0 bridgehead atoms. The predicted octanol–water partition coefficient (Wildman–Crippen LogP) is 1.60. The van der Waals surface area contributed by atoms with E-state index in [1.807, 2.05) is 40.0 Å². The first-order valence-electron chi connectivity index (χ1n) is 7.88. The lowest BCUT2D eigenvalue weighted by atomic mass is 10.1. The number of nitrogens with one attached hydrogen (secondary N) is 1. The van der Waals surface area contributed by atoms with Crippen LogP contribution in [0.15, 0.2) is 23.7 Å². The summed E-state index contributed by atoms with van der Waals surface area (Å²) in [6, 6.07) is 0.334. The Labute approximate surface area is 133 Å². The number of carbonyl (C=O) groups is 1. The molecule has 0 unspecified atom stereocenters. The van der Waals surface area contributed by atoms with Crippen molar-refractivity contribution >= 4 is 6.09 Å². The van der Waals surface area contributed by atoms with Crippen molar-refractivity contribution in [3.05, 3.63) is 23.7 Å². The molecule has 0 aromatic carbocycles. The van der Waals surface area contributed by atoms with Gasteiger partial charge in [-0.15, -0.1) is 0 Å². The van der Waals surface area contributed by atoms with Crippen LogP contribution in [0.5, 0.6) is 0 Å². The molecule has 2 aliphatic heterocycles. The highest BCUT2D eigenvalue weighted by molar-refractivity contribution is 5.68. The number of allylic oxidation sites excluding steroid dienone is 1. The van der Waals surface area contributed by atoms with E-state index in [-0.39, 0.29) is 6.09 Å². The van der Waals surface area contributed by atoms with Gasteiger partial charge in [0.2, 0.25) is 0 Å². The van der Waals surface area contributed by atoms with Crippen molar-refractivity contribution in [1.29, 1.82) is 0 Å². The summed E-state index contributed by atoms with van der Waals surface area (Å²) in [6.07, 6.45) is 5.56. The topological polar surface area (TPSA) is 70.8 Å². The molecule has 1 amide bonds. The fraction of sp³-hybridized carbons (Fsp3) is 0.688. The molecule has 2 rings (SSSR count). The van der Waals surface area contributed by atoms with Crippen molar-refractivity contribution in [2.24, 2.45) is 5.73 Å². The molecule has 0 radical (unpaired) electrons. The van der Waals surface area contributed by atoms with Crippen LogP contribution in [0.3, 0.4) is 0 Å². The molecular formula is C16H28N4O2. The van der Waals surface area contributed by atoms with E-state index in [4.69, 9.17) is 10.5 Å². The van der Waals surface area contributed by atoms with Crippen LogP contribution in [0.2, 0.25) is 0 Å². The molecule has 1 saturated heterocycles. The third-order valence-electron chi connectivity index (χ3n) is 3.82. The lowest BCUT2D eigenvalue weighted by Crippen LogP contribution is -2.48. The summed E-state index contributed by atoms with van der Waals surface area (Å²) < 4.78 is 5.42. The Morgan fingerprint density at radius 3 is 2.55 bits per heavy atom. The number of amides is 1. The average Bonchev–Trinajstić information content (AvgIpc) is 2.42. The van der Waals surface area contributed by atoms with E-state index in [0.29, 0.717) is 19.1 Å². The molecule has 0 aliphatic carbocycles. The van der Waals surface area contributed by atoms with Gasteiger partial charge in [-0.05, 0) is 39.7 Å². The van der Waals surface area contributed by atoms with Crippen LogP contribution in [0.4, 0.5) is 4.79 Å². The van der Waals surface area contributed by atoms with Gasteiger partial charge in [0, 0.05) is 32.7 Å². The van der Waals surface area contributed by atoms with Crippen molar-refractivity contribution in [1.82, 2.24) is 15.1 Å². The summed E-state index contributed by atoms with van der Waals surface area (Å²) in [5.74, 6) is 0.984. The maximum Gasteiger partial charge on any atom is 0.410 e. The highest BCUT2D eigenvalue weighted by atomic mass is 16.6. The van der Waals surface area contributed by atoms with Gasteiger partial charge in [-0.1, -0.05) is 6.08 Å². The summed E-state index contributed by atoms with van der Waals surface area (Å²) in [5.41, 5.74) is 6.36. The molecule has 6 nitrogen and oxygen atoms in total. The number of carbonyl (C=O) groups excluding carboxylic acids is 1. The number of rotatable bonds is 2. The molecular weight excluding hydrogens is 280 g/mol. The molecule has 124 valence electrons. The van der Waals surface area contributed by atoms with Gasteiger partial charge in [0.1, 0.15) is 11.4 Å². The minimum atomic E-state index is -0.442. The van der Waals surface area contributed by atoms with Gasteiger partial charge in [-0.3, -0.25) is 0 Å². The first-order chi connectivity index (χ1) is 10.3. The summed E-state index contributed by atoms with van der Waals surface area (Å²) in [6.45, 7) is 7.95. The van der Waals surface area contributed by atoms with Crippen molar-refractivity contribution < 1.29 is 9.53 Å². The lowest BCUT2D eigenvalue weighted by molar-refractivity contribution is 0.0199. The first-order valence-corrected chi connectivity index (χ1v) is 7.88. The molecule has 22 heavy (non-hydrogen) atoms. The fourth-order valence-electron chi connectivity index (χ4n) is 2.65. The first kappa shape index (κ1) is 16.5. The Kier molecular flexibility index (Phi) is 4.88. The number of likely N-dealkylation sites (tertiary alicyclic amines) is 1. The molecule has 0 atom stereocenters. The minimum absolute atomic E-state index is 0.220. The Balaban J connectivity index is 1.85. The number of likely N-dealkylation sites (N-methyl/N-ethyl adjacent to an activating group) is 1. The number of nitrogens with zero attached hydrogens (tertiary/aromatic N) is 2. The molecule has 3 N–H and O–H groups in total. The zero-order chi connectivity index (χ0) is 16.3. The zero-order valence-electron chi connectivity index (χ0n) is 14.1. The van der Waals surface area contributed by atoms with E-state index in [2.05, 4.69) is 10.2 Å². The molecule has 0 saturated carbocycles. The fourth-order valence-corrected chi connectivity index (χ4v) is 2.65. The number of hydrogen-bond donors (Lipinski definition) is 2. The normalized spacial score (nSPS) is 20.4. The molecule has 1 fully saturated rings. The van der Waals surface area contributed by atoms with Crippen LogP contribution < -0.4 is 11.1 Å². The summed E-state index contributed by atoms with van der Waals surface area (Å²) >= 11 is 0. The van der Waals surface area contributed by atoms with Gasteiger partial charge in [-0.2, -0.15) is 0 Å². The average molecular weight is 308 g/mol. The Morgan fingerprint density at radius 1 is 1.36 bits per heavy atom. The highest BCUT2D eigenvalue weighted by Crippen LogP contribution is 2.18. The Morgan fingerprint density at radius 2 is 2.00 bits per heavy atom. The molecule has 0 aromatic heterocycles. The van der Waals surface area contributed by atoms with Gasteiger partial charge in [0.25, 0.3) is 0 Å². The Bertz CT molecular complexity index is 471. The number of nitrogens with two attached hydrogens (primary N) is 1. The van der Waals surface area contributed by atoms with Gasteiger partial charge in [-0.25, -0.2) is 4.79 Å². The molecule has 0 spiro atoms. The zero-order valence-corrected chi connectivity index (χ0v) is 14.1. The smallest absolute Gasteiger partial charge is 0.410 e. The number of piperidine rings is 1. The third-order valence-corrected chi connectivity index (χ3v) is 3.82. The van der Waals surface area contributed by atoms with Gasteiger partial charge in [0.05, 0.1) is 5.70 Å². The van der Waals surface area contributed by atoms with E-state index in [0.717, 1.165) is 30.9 Å². The highest BCUT2D eigenvalue weighted by Gasteiger charge is 2.27. The van der Waals surface area contributed by atoms with E-state index < -0.39 is 5.60 Å². The summed E-state index contributed by atoms with van der Waals surface area (Å²) in [5, 5.41) is 3.52. The van der Waals surface area contributed by atoms with Crippen molar-refractivity contribution in [3.63, 3.8) is 0 Å². The van der Waals surface area contributed by atoms with E-state index in [1.54, 1.807) is 4.90 Å². The second kappa shape index (κ2) is 6.50. The van der Waals surface area contributed by atoms with Gasteiger partial charge in [0.15, 0.2) is 0 Å². The van der Waals surface area contributed by atoms with Gasteiger partial charge < -0.3 is 25.6 Å². The van der Waals surface area contributed by atoms with Crippen LogP contribution in [-0.2, 0) is 4.74 Å². The summed E-state index contributed by atoms with van der Waals surface area (Å²) in [7, 11) is 2.02. The molecule has 2 heterocycles. The van der Waals surface area contributed by atoms with Crippen LogP contribution >= 0.6 is 0 Å². The maximum absolute atomic E-state index is 12.1. The quantitative estimate of drug-likeness (QED) is 0.811. The second-order valence-electron chi connectivity index (χ2n) is 6.97. The number of hydrogen-bond acceptors (Lipinski definition) is 5. The van der Waals surface area contributed by atoms with Crippen LogP contribution in [0.1, 0.15) is 33.6 Å². The molecule has 0 aromatic rings. The SMILES string of the molecule is CN1CC=CC(N)=C1NC1CCN(C(=O)OC(C)(C)C)CC1. The van der Waals surface area contributed by atoms with Gasteiger partial charge >= 0.3 is 6.09 Å². The molecule has 2 aliphatic rings. The maximum atomic E-state index is 12.1. The predicted molar refractivity (Wildman–Crippen MR) is 86.9 cm³/mol. The third kappa shape index (κ3) is 4.32. The molecule has 6 heteroatoms. The minimum Gasteiger partial charge on any atom is -0.444 e. The largest absolute Gasteiger partial charge is 0.444 e. The van der Waals surface area contributed by atoms with E-state index >= 15 is 0 Å². The lowest BCUT2D eigenvalue weighted by Gasteiger charge is -2.36. The standard InChI is InChI=1S/C16H28N4O2/c1-16(2,3)22-15(21)20-10-7-12(8-11-20)18-14-13(17)6-5-9-19(14)4/h5-6,12,18H,7-11,17H2,1-4H3. The van der Waals surface area contributed by atoms with Crippen LogP contribution in [0, 0.1) is 0 Å².